The van der Waals surface area contributed by atoms with Gasteiger partial charge in [0.2, 0.25) is 0 Å². The largest absolute Gasteiger partial charge is 0.380 e. The lowest BCUT2D eigenvalue weighted by atomic mass is 9.83. The zero-order chi connectivity index (χ0) is 18.1. The first-order valence-electron chi connectivity index (χ1n) is 9.01. The summed E-state index contributed by atoms with van der Waals surface area (Å²) < 4.78 is 0. The third kappa shape index (κ3) is 3.62. The smallest absolute Gasteiger partial charge is 0.122 e. The molecule has 3 heteroatoms. The molecule has 0 amide bonds. The van der Waals surface area contributed by atoms with E-state index in [1.807, 2.05) is 60.7 Å². The highest BCUT2D eigenvalue weighted by Crippen LogP contribution is 2.36. The third-order valence-electron chi connectivity index (χ3n) is 4.86. The number of nitrogens with zero attached hydrogens (tertiary/aromatic N) is 2. The van der Waals surface area contributed by atoms with E-state index in [1.165, 1.54) is 0 Å². The van der Waals surface area contributed by atoms with Gasteiger partial charge in [-0.05, 0) is 38.8 Å². The molecule has 0 aromatic heterocycles. The minimum Gasteiger partial charge on any atom is -0.380 e. The molecule has 1 N–H and O–H groups in total. The summed E-state index contributed by atoms with van der Waals surface area (Å²) in [6, 6.07) is 20.2. The lowest BCUT2D eigenvalue weighted by molar-refractivity contribution is 0.0854. The van der Waals surface area contributed by atoms with Crippen LogP contribution >= 0.6 is 0 Å². The van der Waals surface area contributed by atoms with E-state index in [0.29, 0.717) is 12.5 Å². The maximum absolute atomic E-state index is 11.8. The SMILES string of the molecule is CC(C)N1CC(C)(C)N=C1CC(O)(c1ccccc1)c1ccccc1. The summed E-state index contributed by atoms with van der Waals surface area (Å²) in [7, 11) is 0. The van der Waals surface area contributed by atoms with Gasteiger partial charge in [-0.2, -0.15) is 0 Å². The highest BCUT2D eigenvalue weighted by atomic mass is 16.3. The molecule has 1 aliphatic rings. The van der Waals surface area contributed by atoms with Crippen LogP contribution in [0.3, 0.4) is 0 Å². The first-order valence-corrected chi connectivity index (χ1v) is 9.01. The number of hydrogen-bond acceptors (Lipinski definition) is 3. The minimum absolute atomic E-state index is 0.117. The Morgan fingerprint density at radius 1 is 1.00 bits per heavy atom. The van der Waals surface area contributed by atoms with Crippen LogP contribution in [-0.4, -0.2) is 34.0 Å². The third-order valence-corrected chi connectivity index (χ3v) is 4.86. The van der Waals surface area contributed by atoms with Crippen LogP contribution < -0.4 is 0 Å². The van der Waals surface area contributed by atoms with Gasteiger partial charge in [-0.3, -0.25) is 4.99 Å². The van der Waals surface area contributed by atoms with Crippen LogP contribution in [0.5, 0.6) is 0 Å². The Balaban J connectivity index is 2.05. The topological polar surface area (TPSA) is 35.8 Å². The van der Waals surface area contributed by atoms with Crippen LogP contribution in [0.25, 0.3) is 0 Å². The lowest BCUT2D eigenvalue weighted by Crippen LogP contribution is -2.41. The number of amidine groups is 1. The van der Waals surface area contributed by atoms with E-state index in [-0.39, 0.29) is 5.54 Å². The second-order valence-corrected chi connectivity index (χ2v) is 7.83. The predicted molar refractivity (Wildman–Crippen MR) is 104 cm³/mol. The fourth-order valence-electron chi connectivity index (χ4n) is 3.61. The molecule has 2 aromatic rings. The Kier molecular flexibility index (Phi) is 4.70. The second-order valence-electron chi connectivity index (χ2n) is 7.83. The minimum atomic E-state index is -1.09. The van der Waals surface area contributed by atoms with Gasteiger partial charge in [-0.15, -0.1) is 0 Å². The van der Waals surface area contributed by atoms with Crippen molar-refractivity contribution >= 4 is 5.84 Å². The van der Waals surface area contributed by atoms with E-state index < -0.39 is 5.60 Å². The molecule has 0 saturated carbocycles. The quantitative estimate of drug-likeness (QED) is 0.887. The Labute approximate surface area is 151 Å². The molecule has 0 radical (unpaired) electrons. The molecule has 0 fully saturated rings. The van der Waals surface area contributed by atoms with Crippen molar-refractivity contribution < 1.29 is 5.11 Å². The van der Waals surface area contributed by atoms with Crippen molar-refractivity contribution in [1.29, 1.82) is 0 Å². The summed E-state index contributed by atoms with van der Waals surface area (Å²) >= 11 is 0. The number of rotatable bonds is 5. The maximum atomic E-state index is 11.8. The Hall–Kier alpha value is -2.13. The first kappa shape index (κ1) is 17.7. The summed E-state index contributed by atoms with van der Waals surface area (Å²) in [4.78, 5) is 7.26. The van der Waals surface area contributed by atoms with Crippen molar-refractivity contribution in [2.75, 3.05) is 6.54 Å². The van der Waals surface area contributed by atoms with Crippen LogP contribution in [0, 0.1) is 0 Å². The van der Waals surface area contributed by atoms with E-state index in [0.717, 1.165) is 23.5 Å². The standard InChI is InChI=1S/C22H28N2O/c1-17(2)24-16-21(3,4)23-20(24)15-22(25,18-11-7-5-8-12-18)19-13-9-6-10-14-19/h5-14,17,25H,15-16H2,1-4H3. The van der Waals surface area contributed by atoms with Gasteiger partial charge in [0.1, 0.15) is 11.4 Å². The first-order chi connectivity index (χ1) is 11.8. The Bertz CT molecular complexity index is 696. The second kappa shape index (κ2) is 6.64. The summed E-state index contributed by atoms with van der Waals surface area (Å²) in [5.74, 6) is 0.982. The van der Waals surface area contributed by atoms with E-state index in [9.17, 15) is 5.11 Å². The number of aliphatic imine (C=N–C) groups is 1. The summed E-state index contributed by atoms with van der Waals surface area (Å²) in [6.45, 7) is 9.56. The normalized spacial score (nSPS) is 17.0. The van der Waals surface area contributed by atoms with Gasteiger partial charge in [0.15, 0.2) is 0 Å². The fraction of sp³-hybridized carbons (Fsp3) is 0.409. The molecule has 0 unspecified atom stereocenters. The van der Waals surface area contributed by atoms with E-state index in [4.69, 9.17) is 4.99 Å². The van der Waals surface area contributed by atoms with Gasteiger partial charge in [0.25, 0.3) is 0 Å². The van der Waals surface area contributed by atoms with Crippen molar-refractivity contribution in [3.63, 3.8) is 0 Å². The monoisotopic (exact) mass is 336 g/mol. The zero-order valence-electron chi connectivity index (χ0n) is 15.6. The molecule has 25 heavy (non-hydrogen) atoms. The summed E-state index contributed by atoms with van der Waals surface area (Å²) in [5, 5.41) is 11.8. The van der Waals surface area contributed by atoms with Gasteiger partial charge in [0.05, 0.1) is 5.54 Å². The molecule has 0 atom stereocenters. The fourth-order valence-corrected chi connectivity index (χ4v) is 3.61. The molecule has 0 bridgehead atoms. The maximum Gasteiger partial charge on any atom is 0.122 e. The molecule has 3 rings (SSSR count). The Morgan fingerprint density at radius 3 is 1.92 bits per heavy atom. The lowest BCUT2D eigenvalue weighted by Gasteiger charge is -2.33. The van der Waals surface area contributed by atoms with Crippen LogP contribution in [-0.2, 0) is 5.60 Å². The van der Waals surface area contributed by atoms with Gasteiger partial charge >= 0.3 is 0 Å². The molecule has 0 saturated heterocycles. The number of aliphatic hydroxyl groups is 1. The molecule has 2 aromatic carbocycles. The van der Waals surface area contributed by atoms with Crippen LogP contribution in [0.2, 0.25) is 0 Å². The molecule has 1 aliphatic heterocycles. The summed E-state index contributed by atoms with van der Waals surface area (Å²) in [6.07, 6.45) is 0.475. The number of benzene rings is 2. The predicted octanol–water partition coefficient (Wildman–Crippen LogP) is 4.21. The average Bonchev–Trinajstić information content (AvgIpc) is 2.91. The van der Waals surface area contributed by atoms with Gasteiger partial charge in [-0.1, -0.05) is 60.7 Å². The van der Waals surface area contributed by atoms with E-state index in [1.54, 1.807) is 0 Å². The van der Waals surface area contributed by atoms with Crippen molar-refractivity contribution in [3.05, 3.63) is 71.8 Å². The van der Waals surface area contributed by atoms with Crippen molar-refractivity contribution in [3.8, 4) is 0 Å². The zero-order valence-corrected chi connectivity index (χ0v) is 15.6. The molecule has 132 valence electrons. The van der Waals surface area contributed by atoms with Crippen LogP contribution in [0.4, 0.5) is 0 Å². The molecule has 0 spiro atoms. The van der Waals surface area contributed by atoms with Crippen molar-refractivity contribution in [2.24, 2.45) is 4.99 Å². The Morgan fingerprint density at radius 2 is 1.48 bits per heavy atom. The van der Waals surface area contributed by atoms with Crippen LogP contribution in [0.15, 0.2) is 65.7 Å². The molecular weight excluding hydrogens is 308 g/mol. The van der Waals surface area contributed by atoms with E-state index >= 15 is 0 Å². The molecular formula is C22H28N2O. The van der Waals surface area contributed by atoms with Crippen molar-refractivity contribution in [2.45, 2.75) is 51.3 Å². The average molecular weight is 336 g/mol. The molecule has 0 aliphatic carbocycles. The van der Waals surface area contributed by atoms with Crippen LogP contribution in [0.1, 0.15) is 45.2 Å². The van der Waals surface area contributed by atoms with Gasteiger partial charge in [0, 0.05) is 19.0 Å². The summed E-state index contributed by atoms with van der Waals surface area (Å²) in [5.41, 5.74) is 0.595. The number of hydrogen-bond donors (Lipinski definition) is 1. The highest BCUT2D eigenvalue weighted by Gasteiger charge is 2.39. The molecule has 3 nitrogen and oxygen atoms in total. The van der Waals surface area contributed by atoms with Crippen molar-refractivity contribution in [1.82, 2.24) is 4.90 Å². The highest BCUT2D eigenvalue weighted by molar-refractivity contribution is 5.86. The molecule has 1 heterocycles. The van der Waals surface area contributed by atoms with Gasteiger partial charge in [-0.25, -0.2) is 0 Å². The van der Waals surface area contributed by atoms with Gasteiger partial charge < -0.3 is 10.0 Å². The van der Waals surface area contributed by atoms with E-state index in [2.05, 4.69) is 32.6 Å².